The van der Waals surface area contributed by atoms with Gasteiger partial charge in [-0.3, -0.25) is 13.9 Å². The van der Waals surface area contributed by atoms with Crippen LogP contribution >= 0.6 is 23.2 Å². The number of benzene rings is 2. The van der Waals surface area contributed by atoms with Gasteiger partial charge in [0.15, 0.2) is 0 Å². The lowest BCUT2D eigenvalue weighted by molar-refractivity contribution is -0.130. The number of sulfonamides is 1. The molecule has 0 bridgehead atoms. The van der Waals surface area contributed by atoms with Crippen LogP contribution in [0.1, 0.15) is 35.7 Å². The molecule has 2 aromatic rings. The van der Waals surface area contributed by atoms with Crippen molar-refractivity contribution in [2.75, 3.05) is 30.2 Å². The van der Waals surface area contributed by atoms with Gasteiger partial charge in [-0.05, 0) is 54.7 Å². The van der Waals surface area contributed by atoms with Crippen LogP contribution in [0.25, 0.3) is 0 Å². The molecule has 1 N–H and O–H groups in total. The van der Waals surface area contributed by atoms with E-state index in [1.54, 1.807) is 54.3 Å². The van der Waals surface area contributed by atoms with Crippen molar-refractivity contribution >= 4 is 50.7 Å². The fraction of sp³-hybridized carbons (Fsp3) is 0.391. The van der Waals surface area contributed by atoms with E-state index in [1.165, 1.54) is 4.31 Å². The van der Waals surface area contributed by atoms with Crippen molar-refractivity contribution in [2.45, 2.75) is 26.3 Å². The van der Waals surface area contributed by atoms with Crippen molar-refractivity contribution in [1.29, 1.82) is 0 Å². The summed E-state index contributed by atoms with van der Waals surface area (Å²) in [7, 11) is -3.62. The van der Waals surface area contributed by atoms with Gasteiger partial charge >= 0.3 is 0 Å². The van der Waals surface area contributed by atoms with Crippen LogP contribution in [0.15, 0.2) is 42.5 Å². The van der Waals surface area contributed by atoms with E-state index in [0.29, 0.717) is 39.9 Å². The zero-order valence-corrected chi connectivity index (χ0v) is 20.9. The standard InChI is InChI=1S/C23H27Cl2N3O4S/c1-16(29)27-12-4-5-17(14-27)13-26-23(30)18-8-10-20(11-9-18)28(33(2,31)32)15-19-6-3-7-21(24)22(19)25/h3,6-11,17H,4-5,12-15H2,1-2H3,(H,26,30). The SMILES string of the molecule is CC(=O)N1CCCC(CNC(=O)c2ccc(N(Cc3cccc(Cl)c3Cl)S(C)(=O)=O)cc2)C1. The molecule has 2 amide bonds. The van der Waals surface area contributed by atoms with E-state index in [1.807, 2.05) is 0 Å². The van der Waals surface area contributed by atoms with Gasteiger partial charge in [-0.25, -0.2) is 8.42 Å². The largest absolute Gasteiger partial charge is 0.352 e. The summed E-state index contributed by atoms with van der Waals surface area (Å²) in [6, 6.07) is 11.4. The van der Waals surface area contributed by atoms with Crippen LogP contribution < -0.4 is 9.62 Å². The summed E-state index contributed by atoms with van der Waals surface area (Å²) in [5.74, 6) is 0.0236. The van der Waals surface area contributed by atoms with Gasteiger partial charge in [-0.2, -0.15) is 0 Å². The van der Waals surface area contributed by atoms with Crippen molar-refractivity contribution in [3.05, 3.63) is 63.6 Å². The Morgan fingerprint density at radius 3 is 2.48 bits per heavy atom. The molecule has 33 heavy (non-hydrogen) atoms. The molecular formula is C23H27Cl2N3O4S. The van der Waals surface area contributed by atoms with Crippen molar-refractivity contribution in [3.8, 4) is 0 Å². The van der Waals surface area contributed by atoms with E-state index in [0.717, 1.165) is 25.6 Å². The first kappa shape index (κ1) is 25.3. The highest BCUT2D eigenvalue weighted by molar-refractivity contribution is 7.92. The molecule has 7 nitrogen and oxygen atoms in total. The minimum absolute atomic E-state index is 0.0120. The first-order valence-electron chi connectivity index (χ1n) is 10.6. The number of carbonyl (C=O) groups excluding carboxylic acids is 2. The fourth-order valence-corrected chi connectivity index (χ4v) is 5.12. The van der Waals surface area contributed by atoms with Gasteiger partial charge in [0, 0.05) is 32.1 Å². The van der Waals surface area contributed by atoms with E-state index in [9.17, 15) is 18.0 Å². The molecule has 1 aliphatic heterocycles. The van der Waals surface area contributed by atoms with Gasteiger partial charge in [-0.15, -0.1) is 0 Å². The van der Waals surface area contributed by atoms with Crippen LogP contribution in [0.4, 0.5) is 5.69 Å². The van der Waals surface area contributed by atoms with Gasteiger partial charge in [-0.1, -0.05) is 35.3 Å². The normalized spacial score (nSPS) is 16.4. The molecule has 0 aliphatic carbocycles. The Bertz CT molecular complexity index is 1120. The summed E-state index contributed by atoms with van der Waals surface area (Å²) >= 11 is 12.3. The average Bonchev–Trinajstić information content (AvgIpc) is 2.78. The highest BCUT2D eigenvalue weighted by atomic mass is 35.5. The molecule has 1 heterocycles. The monoisotopic (exact) mass is 511 g/mol. The summed E-state index contributed by atoms with van der Waals surface area (Å²) in [4.78, 5) is 26.0. The molecule has 3 rings (SSSR count). The third-order valence-electron chi connectivity index (χ3n) is 5.68. The Hall–Kier alpha value is -2.29. The molecule has 1 atom stereocenters. The van der Waals surface area contributed by atoms with E-state index in [2.05, 4.69) is 5.32 Å². The average molecular weight is 512 g/mol. The molecule has 0 aromatic heterocycles. The first-order chi connectivity index (χ1) is 15.6. The van der Waals surface area contributed by atoms with Crippen molar-refractivity contribution in [2.24, 2.45) is 5.92 Å². The maximum Gasteiger partial charge on any atom is 0.251 e. The number of hydrogen-bond acceptors (Lipinski definition) is 4. The van der Waals surface area contributed by atoms with Crippen LogP contribution in [-0.4, -0.2) is 51.0 Å². The molecule has 1 saturated heterocycles. The second-order valence-corrected chi connectivity index (χ2v) is 10.9. The first-order valence-corrected chi connectivity index (χ1v) is 13.2. The Kier molecular flexibility index (Phi) is 8.26. The van der Waals surface area contributed by atoms with Crippen LogP contribution in [0.2, 0.25) is 10.0 Å². The zero-order chi connectivity index (χ0) is 24.2. The van der Waals surface area contributed by atoms with Crippen LogP contribution in [-0.2, 0) is 21.4 Å². The van der Waals surface area contributed by atoms with Crippen LogP contribution in [0.5, 0.6) is 0 Å². The number of nitrogens with one attached hydrogen (secondary N) is 1. The second kappa shape index (κ2) is 10.8. The minimum atomic E-state index is -3.62. The zero-order valence-electron chi connectivity index (χ0n) is 18.6. The molecule has 10 heteroatoms. The number of hydrogen-bond donors (Lipinski definition) is 1. The van der Waals surface area contributed by atoms with E-state index < -0.39 is 10.0 Å². The molecule has 0 radical (unpaired) electrons. The van der Waals surface area contributed by atoms with Crippen molar-refractivity contribution in [3.63, 3.8) is 0 Å². The maximum absolute atomic E-state index is 12.6. The van der Waals surface area contributed by atoms with Crippen molar-refractivity contribution < 1.29 is 18.0 Å². The van der Waals surface area contributed by atoms with Crippen LogP contribution in [0.3, 0.4) is 0 Å². The second-order valence-electron chi connectivity index (χ2n) is 8.21. The minimum Gasteiger partial charge on any atom is -0.352 e. The molecule has 1 aliphatic rings. The number of rotatable bonds is 7. The number of anilines is 1. The number of nitrogens with zero attached hydrogens (tertiary/aromatic N) is 2. The predicted molar refractivity (Wildman–Crippen MR) is 131 cm³/mol. The Labute approximate surface area is 204 Å². The van der Waals surface area contributed by atoms with Crippen LogP contribution in [0, 0.1) is 5.92 Å². The quantitative estimate of drug-likeness (QED) is 0.609. The molecule has 1 unspecified atom stereocenters. The Morgan fingerprint density at radius 1 is 1.15 bits per heavy atom. The number of amides is 2. The molecule has 178 valence electrons. The lowest BCUT2D eigenvalue weighted by atomic mass is 9.98. The number of carbonyl (C=O) groups is 2. The third-order valence-corrected chi connectivity index (χ3v) is 7.68. The lowest BCUT2D eigenvalue weighted by Gasteiger charge is -2.32. The summed E-state index contributed by atoms with van der Waals surface area (Å²) in [6.45, 7) is 3.45. The molecule has 1 fully saturated rings. The number of likely N-dealkylation sites (tertiary alicyclic amines) is 1. The van der Waals surface area contributed by atoms with E-state index in [-0.39, 0.29) is 24.3 Å². The third kappa shape index (κ3) is 6.62. The maximum atomic E-state index is 12.6. The molecule has 2 aromatic carbocycles. The summed E-state index contributed by atoms with van der Waals surface area (Å²) in [6.07, 6.45) is 2.99. The van der Waals surface area contributed by atoms with E-state index in [4.69, 9.17) is 23.2 Å². The van der Waals surface area contributed by atoms with Crippen molar-refractivity contribution in [1.82, 2.24) is 10.2 Å². The predicted octanol–water partition coefficient (Wildman–Crippen LogP) is 3.95. The van der Waals surface area contributed by atoms with Gasteiger partial charge in [0.05, 0.1) is 28.5 Å². The lowest BCUT2D eigenvalue weighted by Crippen LogP contribution is -2.42. The summed E-state index contributed by atoms with van der Waals surface area (Å²) < 4.78 is 26.1. The van der Waals surface area contributed by atoms with Gasteiger partial charge in [0.2, 0.25) is 15.9 Å². The highest BCUT2D eigenvalue weighted by Gasteiger charge is 2.23. The topological polar surface area (TPSA) is 86.8 Å². The Balaban J connectivity index is 1.68. The number of halogens is 2. The fourth-order valence-electron chi connectivity index (χ4n) is 3.86. The Morgan fingerprint density at radius 2 is 1.85 bits per heavy atom. The van der Waals surface area contributed by atoms with Gasteiger partial charge in [0.1, 0.15) is 0 Å². The van der Waals surface area contributed by atoms with E-state index >= 15 is 0 Å². The summed E-state index contributed by atoms with van der Waals surface area (Å²) in [5, 5.41) is 3.57. The smallest absolute Gasteiger partial charge is 0.251 e. The molecule has 0 spiro atoms. The van der Waals surface area contributed by atoms with Gasteiger partial charge in [0.25, 0.3) is 5.91 Å². The highest BCUT2D eigenvalue weighted by Crippen LogP contribution is 2.29. The van der Waals surface area contributed by atoms with Gasteiger partial charge < -0.3 is 10.2 Å². The molecular weight excluding hydrogens is 485 g/mol. The molecule has 0 saturated carbocycles. The summed E-state index contributed by atoms with van der Waals surface area (Å²) in [5.41, 5.74) is 1.41. The number of piperidine rings is 1.